The summed E-state index contributed by atoms with van der Waals surface area (Å²) in [4.78, 5) is 26.9. The molecule has 2 N–H and O–H groups in total. The van der Waals surface area contributed by atoms with Crippen LogP contribution in [0.2, 0.25) is 0 Å². The van der Waals surface area contributed by atoms with Crippen molar-refractivity contribution in [1.82, 2.24) is 15.3 Å². The van der Waals surface area contributed by atoms with Crippen molar-refractivity contribution in [3.63, 3.8) is 0 Å². The normalized spacial score (nSPS) is 15.2. The van der Waals surface area contributed by atoms with E-state index in [0.29, 0.717) is 5.76 Å². The molecule has 7 heteroatoms. The Morgan fingerprint density at radius 3 is 2.36 bits per heavy atom. The number of nitrogens with zero attached hydrogens (tertiary/aromatic N) is 2. The van der Waals surface area contributed by atoms with Gasteiger partial charge < -0.3 is 9.32 Å². The molecule has 0 unspecified atom stereocenters. The van der Waals surface area contributed by atoms with Crippen molar-refractivity contribution in [3.8, 4) is 11.3 Å². The Labute approximate surface area is 145 Å². The zero-order chi connectivity index (χ0) is 17.8. The van der Waals surface area contributed by atoms with E-state index in [1.165, 1.54) is 11.6 Å². The van der Waals surface area contributed by atoms with Crippen molar-refractivity contribution < 1.29 is 19.2 Å². The van der Waals surface area contributed by atoms with Crippen molar-refractivity contribution >= 4 is 11.8 Å². The van der Waals surface area contributed by atoms with Crippen LogP contribution in [-0.4, -0.2) is 53.0 Å². The Kier molecular flexibility index (Phi) is 5.16. The second kappa shape index (κ2) is 7.50. The zero-order valence-electron chi connectivity index (χ0n) is 14.1. The number of hydrogen-bond acceptors (Lipinski definition) is 5. The molecule has 1 aromatic heterocycles. The average Bonchev–Trinajstić information content (AvgIpc) is 3.12. The summed E-state index contributed by atoms with van der Waals surface area (Å²) in [5, 5.41) is 8.62. The Morgan fingerprint density at radius 2 is 1.76 bits per heavy atom. The first kappa shape index (κ1) is 17.2. The quantitative estimate of drug-likeness (QED) is 0.652. The number of carbonyl (C=O) groups excluding carboxylic acids is 2. The predicted octanol–water partition coefficient (Wildman–Crippen LogP) is 1.73. The SMILES string of the molecule is CC(=O)N1CCN(Cc2ccc(-c3ccc(C(=O)NO)o3)cc2)CC1. The van der Waals surface area contributed by atoms with Gasteiger partial charge in [-0.1, -0.05) is 24.3 Å². The van der Waals surface area contributed by atoms with Crippen LogP contribution >= 0.6 is 0 Å². The van der Waals surface area contributed by atoms with E-state index in [9.17, 15) is 9.59 Å². The highest BCUT2D eigenvalue weighted by atomic mass is 16.5. The Bertz CT molecular complexity index is 746. The van der Waals surface area contributed by atoms with E-state index < -0.39 is 5.91 Å². The van der Waals surface area contributed by atoms with E-state index in [0.717, 1.165) is 38.3 Å². The van der Waals surface area contributed by atoms with Crippen molar-refractivity contribution in [2.24, 2.45) is 0 Å². The number of nitrogens with one attached hydrogen (secondary N) is 1. The first-order valence-corrected chi connectivity index (χ1v) is 8.18. The highest BCUT2D eigenvalue weighted by molar-refractivity contribution is 5.91. The van der Waals surface area contributed by atoms with E-state index in [2.05, 4.69) is 4.90 Å². The maximum absolute atomic E-state index is 11.4. The summed E-state index contributed by atoms with van der Waals surface area (Å²) < 4.78 is 5.43. The molecular weight excluding hydrogens is 322 g/mol. The summed E-state index contributed by atoms with van der Waals surface area (Å²) in [5.74, 6) is 0.0921. The molecular formula is C18H21N3O4. The summed E-state index contributed by atoms with van der Waals surface area (Å²) >= 11 is 0. The monoisotopic (exact) mass is 343 g/mol. The molecule has 7 nitrogen and oxygen atoms in total. The number of hydrogen-bond donors (Lipinski definition) is 2. The van der Waals surface area contributed by atoms with Gasteiger partial charge in [0.1, 0.15) is 5.76 Å². The molecule has 25 heavy (non-hydrogen) atoms. The number of rotatable bonds is 4. The van der Waals surface area contributed by atoms with E-state index in [1.54, 1.807) is 18.5 Å². The summed E-state index contributed by atoms with van der Waals surface area (Å²) in [6, 6.07) is 11.2. The van der Waals surface area contributed by atoms with Crippen molar-refractivity contribution in [3.05, 3.63) is 47.7 Å². The van der Waals surface area contributed by atoms with Crippen LogP contribution in [0.25, 0.3) is 11.3 Å². The van der Waals surface area contributed by atoms with Crippen molar-refractivity contribution in [1.29, 1.82) is 0 Å². The molecule has 132 valence electrons. The summed E-state index contributed by atoms with van der Waals surface area (Å²) in [5.41, 5.74) is 3.59. The first-order valence-electron chi connectivity index (χ1n) is 8.18. The van der Waals surface area contributed by atoms with Gasteiger partial charge >= 0.3 is 5.91 Å². The van der Waals surface area contributed by atoms with Crippen LogP contribution < -0.4 is 5.48 Å². The topological polar surface area (TPSA) is 86.0 Å². The molecule has 0 aliphatic carbocycles. The number of amides is 2. The standard InChI is InChI=1S/C18H21N3O4/c1-13(22)21-10-8-20(9-11-21)12-14-2-4-15(5-3-14)16-6-7-17(25-16)18(23)19-24/h2-7,24H,8-12H2,1H3,(H,19,23). The number of benzene rings is 1. The molecule has 1 fully saturated rings. The van der Waals surface area contributed by atoms with Crippen LogP contribution in [-0.2, 0) is 11.3 Å². The Hall–Kier alpha value is -2.64. The van der Waals surface area contributed by atoms with Gasteiger partial charge in [0.05, 0.1) is 0 Å². The zero-order valence-corrected chi connectivity index (χ0v) is 14.1. The van der Waals surface area contributed by atoms with Gasteiger partial charge in [-0.3, -0.25) is 19.7 Å². The Balaban J connectivity index is 1.60. The van der Waals surface area contributed by atoms with Crippen LogP contribution in [0, 0.1) is 0 Å². The van der Waals surface area contributed by atoms with Gasteiger partial charge in [0.2, 0.25) is 5.91 Å². The lowest BCUT2D eigenvalue weighted by atomic mass is 10.1. The highest BCUT2D eigenvalue weighted by Gasteiger charge is 2.18. The molecule has 0 saturated carbocycles. The molecule has 0 bridgehead atoms. The van der Waals surface area contributed by atoms with Gasteiger partial charge in [-0.25, -0.2) is 5.48 Å². The molecule has 1 aromatic carbocycles. The maximum Gasteiger partial charge on any atom is 0.310 e. The molecule has 2 amide bonds. The summed E-state index contributed by atoms with van der Waals surface area (Å²) in [6.45, 7) is 5.74. The van der Waals surface area contributed by atoms with Crippen molar-refractivity contribution in [2.45, 2.75) is 13.5 Å². The van der Waals surface area contributed by atoms with E-state index >= 15 is 0 Å². The molecule has 1 aliphatic rings. The minimum Gasteiger partial charge on any atom is -0.451 e. The lowest BCUT2D eigenvalue weighted by molar-refractivity contribution is -0.130. The molecule has 0 spiro atoms. The molecule has 0 atom stereocenters. The molecule has 3 rings (SSSR count). The van der Waals surface area contributed by atoms with Gasteiger partial charge in [-0.05, 0) is 17.7 Å². The van der Waals surface area contributed by atoms with Crippen LogP contribution in [0.5, 0.6) is 0 Å². The summed E-state index contributed by atoms with van der Waals surface area (Å²) in [6.07, 6.45) is 0. The van der Waals surface area contributed by atoms with Gasteiger partial charge in [-0.2, -0.15) is 0 Å². The van der Waals surface area contributed by atoms with Gasteiger partial charge in [0.15, 0.2) is 5.76 Å². The fourth-order valence-electron chi connectivity index (χ4n) is 2.92. The minimum absolute atomic E-state index is 0.0601. The van der Waals surface area contributed by atoms with Gasteiger partial charge in [0, 0.05) is 45.2 Å². The van der Waals surface area contributed by atoms with E-state index in [1.807, 2.05) is 29.2 Å². The minimum atomic E-state index is -0.674. The summed E-state index contributed by atoms with van der Waals surface area (Å²) in [7, 11) is 0. The maximum atomic E-state index is 11.4. The lowest BCUT2D eigenvalue weighted by Crippen LogP contribution is -2.47. The number of hydroxylamine groups is 1. The van der Waals surface area contributed by atoms with Crippen LogP contribution in [0.15, 0.2) is 40.8 Å². The largest absolute Gasteiger partial charge is 0.451 e. The highest BCUT2D eigenvalue weighted by Crippen LogP contribution is 2.23. The second-order valence-electron chi connectivity index (χ2n) is 6.08. The fourth-order valence-corrected chi connectivity index (χ4v) is 2.92. The molecule has 1 aliphatic heterocycles. The fraction of sp³-hybridized carbons (Fsp3) is 0.333. The van der Waals surface area contributed by atoms with Gasteiger partial charge in [-0.15, -0.1) is 0 Å². The van der Waals surface area contributed by atoms with Crippen LogP contribution in [0.3, 0.4) is 0 Å². The third kappa shape index (κ3) is 4.07. The van der Waals surface area contributed by atoms with E-state index in [-0.39, 0.29) is 11.7 Å². The number of piperazine rings is 1. The predicted molar refractivity (Wildman–Crippen MR) is 90.9 cm³/mol. The molecule has 2 aromatic rings. The van der Waals surface area contributed by atoms with E-state index in [4.69, 9.17) is 9.62 Å². The number of furan rings is 1. The lowest BCUT2D eigenvalue weighted by Gasteiger charge is -2.34. The smallest absolute Gasteiger partial charge is 0.310 e. The average molecular weight is 343 g/mol. The molecule has 1 saturated heterocycles. The van der Waals surface area contributed by atoms with Crippen molar-refractivity contribution in [2.75, 3.05) is 26.2 Å². The van der Waals surface area contributed by atoms with Crippen LogP contribution in [0.4, 0.5) is 0 Å². The first-order chi connectivity index (χ1) is 12.1. The van der Waals surface area contributed by atoms with Crippen LogP contribution in [0.1, 0.15) is 23.0 Å². The second-order valence-corrected chi connectivity index (χ2v) is 6.08. The third-order valence-corrected chi connectivity index (χ3v) is 4.39. The molecule has 2 heterocycles. The number of carbonyl (C=O) groups is 2. The van der Waals surface area contributed by atoms with Gasteiger partial charge in [0.25, 0.3) is 0 Å². The Morgan fingerprint density at radius 1 is 1.08 bits per heavy atom. The third-order valence-electron chi connectivity index (χ3n) is 4.39. The molecule has 0 radical (unpaired) electrons.